The van der Waals surface area contributed by atoms with Gasteiger partial charge in [-0.2, -0.15) is 5.26 Å². The lowest BCUT2D eigenvalue weighted by atomic mass is 10.0. The first-order valence-corrected chi connectivity index (χ1v) is 12.1. The number of anilines is 1. The molecule has 7 nitrogen and oxygen atoms in total. The zero-order valence-corrected chi connectivity index (χ0v) is 20.5. The number of nitriles is 1. The molecular formula is C27H25N5O2S. The van der Waals surface area contributed by atoms with E-state index in [-0.39, 0.29) is 17.6 Å². The predicted octanol–water partition coefficient (Wildman–Crippen LogP) is 5.67. The van der Waals surface area contributed by atoms with E-state index < -0.39 is 0 Å². The van der Waals surface area contributed by atoms with Gasteiger partial charge in [0.05, 0.1) is 30.2 Å². The summed E-state index contributed by atoms with van der Waals surface area (Å²) in [5.74, 6) is 1.68. The van der Waals surface area contributed by atoms with Crippen molar-refractivity contribution < 1.29 is 9.53 Å². The fourth-order valence-corrected chi connectivity index (χ4v) is 4.43. The molecule has 0 fully saturated rings. The number of para-hydroxylation sites is 1. The topological polar surface area (TPSA) is 92.8 Å². The lowest BCUT2D eigenvalue weighted by Gasteiger charge is -2.17. The van der Waals surface area contributed by atoms with Gasteiger partial charge in [0, 0.05) is 11.3 Å². The zero-order valence-electron chi connectivity index (χ0n) is 19.7. The van der Waals surface area contributed by atoms with Crippen molar-refractivity contribution in [3.05, 3.63) is 83.9 Å². The maximum atomic E-state index is 12.7. The molecule has 0 saturated carbocycles. The van der Waals surface area contributed by atoms with Crippen molar-refractivity contribution in [3.63, 3.8) is 0 Å². The van der Waals surface area contributed by atoms with E-state index in [4.69, 9.17) is 10.00 Å². The standard InChI is InChI=1S/C27H25N5O2S/c1-18(2)23-9-4-5-10-24(23)32-26(20-11-13-22(34-3)14-12-20)30-31-27(32)35-17-25(33)29-21-8-6-7-19(15-21)16-28/h4-15,18H,17H2,1-3H3,(H,29,33). The highest BCUT2D eigenvalue weighted by Crippen LogP contribution is 2.32. The number of hydrogen-bond acceptors (Lipinski definition) is 6. The Hall–Kier alpha value is -4.09. The molecule has 4 aromatic rings. The fraction of sp³-hybridized carbons (Fsp3) is 0.185. The third-order valence-corrected chi connectivity index (χ3v) is 6.32. The van der Waals surface area contributed by atoms with Crippen molar-refractivity contribution in [1.29, 1.82) is 5.26 Å². The van der Waals surface area contributed by atoms with Gasteiger partial charge in [-0.25, -0.2) is 0 Å². The number of nitrogens with zero attached hydrogens (tertiary/aromatic N) is 4. The number of hydrogen-bond donors (Lipinski definition) is 1. The van der Waals surface area contributed by atoms with E-state index in [1.807, 2.05) is 47.0 Å². The summed E-state index contributed by atoms with van der Waals surface area (Å²) in [6, 6.07) is 24.7. The van der Waals surface area contributed by atoms with Crippen LogP contribution in [-0.4, -0.2) is 33.5 Å². The smallest absolute Gasteiger partial charge is 0.234 e. The molecule has 0 unspecified atom stereocenters. The summed E-state index contributed by atoms with van der Waals surface area (Å²) < 4.78 is 7.30. The number of nitrogens with one attached hydrogen (secondary N) is 1. The Morgan fingerprint density at radius 1 is 1.09 bits per heavy atom. The van der Waals surface area contributed by atoms with Crippen molar-refractivity contribution in [2.24, 2.45) is 0 Å². The number of benzene rings is 3. The molecule has 0 aliphatic heterocycles. The number of ether oxygens (including phenoxy) is 1. The van der Waals surface area contributed by atoms with Crippen molar-refractivity contribution in [3.8, 4) is 28.9 Å². The minimum absolute atomic E-state index is 0.140. The van der Waals surface area contributed by atoms with Crippen molar-refractivity contribution in [1.82, 2.24) is 14.8 Å². The van der Waals surface area contributed by atoms with Gasteiger partial charge in [-0.1, -0.05) is 49.9 Å². The third kappa shape index (κ3) is 5.53. The van der Waals surface area contributed by atoms with Gasteiger partial charge in [0.1, 0.15) is 5.75 Å². The minimum Gasteiger partial charge on any atom is -0.497 e. The highest BCUT2D eigenvalue weighted by Gasteiger charge is 2.20. The van der Waals surface area contributed by atoms with Gasteiger partial charge < -0.3 is 10.1 Å². The molecule has 1 heterocycles. The first-order chi connectivity index (χ1) is 17.0. The summed E-state index contributed by atoms with van der Waals surface area (Å²) >= 11 is 1.31. The van der Waals surface area contributed by atoms with E-state index in [1.165, 1.54) is 11.8 Å². The number of thioether (sulfide) groups is 1. The van der Waals surface area contributed by atoms with Gasteiger partial charge >= 0.3 is 0 Å². The molecule has 3 aromatic carbocycles. The van der Waals surface area contributed by atoms with Gasteiger partial charge in [-0.15, -0.1) is 10.2 Å². The van der Waals surface area contributed by atoms with E-state index in [0.717, 1.165) is 22.6 Å². The molecule has 176 valence electrons. The van der Waals surface area contributed by atoms with Crippen molar-refractivity contribution >= 4 is 23.4 Å². The molecule has 1 N–H and O–H groups in total. The fourth-order valence-electron chi connectivity index (χ4n) is 3.68. The number of amides is 1. The summed E-state index contributed by atoms with van der Waals surface area (Å²) in [7, 11) is 1.63. The third-order valence-electron chi connectivity index (χ3n) is 5.39. The van der Waals surface area contributed by atoms with Gasteiger partial charge in [-0.3, -0.25) is 9.36 Å². The number of rotatable bonds is 8. The van der Waals surface area contributed by atoms with Crippen LogP contribution in [0.15, 0.2) is 78.0 Å². The first kappa shape index (κ1) is 24.0. The van der Waals surface area contributed by atoms with Crippen LogP contribution in [0.4, 0.5) is 5.69 Å². The molecular weight excluding hydrogens is 458 g/mol. The molecule has 0 saturated heterocycles. The second-order valence-corrected chi connectivity index (χ2v) is 9.06. The monoisotopic (exact) mass is 483 g/mol. The molecule has 0 atom stereocenters. The SMILES string of the molecule is COc1ccc(-c2nnc(SCC(=O)Nc3cccc(C#N)c3)n2-c2ccccc2C(C)C)cc1. The number of carbonyl (C=O) groups excluding carboxylic acids is 1. The molecule has 35 heavy (non-hydrogen) atoms. The van der Waals surface area contributed by atoms with Crippen LogP contribution < -0.4 is 10.1 Å². The first-order valence-electron chi connectivity index (χ1n) is 11.1. The van der Waals surface area contributed by atoms with Crippen LogP contribution in [0.1, 0.15) is 30.9 Å². The highest BCUT2D eigenvalue weighted by atomic mass is 32.2. The quantitative estimate of drug-likeness (QED) is 0.325. The van der Waals surface area contributed by atoms with Gasteiger partial charge in [-0.05, 0) is 60.0 Å². The predicted molar refractivity (Wildman–Crippen MR) is 138 cm³/mol. The van der Waals surface area contributed by atoms with E-state index in [0.29, 0.717) is 22.2 Å². The Labute approximate surface area is 208 Å². The van der Waals surface area contributed by atoms with Crippen LogP contribution in [0, 0.1) is 11.3 Å². The Balaban J connectivity index is 1.66. The molecule has 1 amide bonds. The van der Waals surface area contributed by atoms with E-state index >= 15 is 0 Å². The van der Waals surface area contributed by atoms with Crippen molar-refractivity contribution in [2.45, 2.75) is 24.9 Å². The maximum Gasteiger partial charge on any atom is 0.234 e. The molecule has 0 bridgehead atoms. The van der Waals surface area contributed by atoms with Gasteiger partial charge in [0.15, 0.2) is 11.0 Å². The highest BCUT2D eigenvalue weighted by molar-refractivity contribution is 7.99. The largest absolute Gasteiger partial charge is 0.497 e. The second kappa shape index (κ2) is 10.9. The lowest BCUT2D eigenvalue weighted by molar-refractivity contribution is -0.113. The normalized spacial score (nSPS) is 10.7. The minimum atomic E-state index is -0.192. The van der Waals surface area contributed by atoms with Crippen LogP contribution in [0.25, 0.3) is 17.1 Å². The Bertz CT molecular complexity index is 1370. The lowest BCUT2D eigenvalue weighted by Crippen LogP contribution is -2.15. The molecule has 4 rings (SSSR count). The molecule has 0 aliphatic rings. The van der Waals surface area contributed by atoms with Gasteiger partial charge in [0.25, 0.3) is 0 Å². The maximum absolute atomic E-state index is 12.7. The molecule has 0 spiro atoms. The Morgan fingerprint density at radius 3 is 2.57 bits per heavy atom. The molecule has 8 heteroatoms. The summed E-state index contributed by atoms with van der Waals surface area (Å²) in [5, 5.41) is 21.5. The second-order valence-electron chi connectivity index (χ2n) is 8.11. The number of methoxy groups -OCH3 is 1. The van der Waals surface area contributed by atoms with Crippen LogP contribution in [0.2, 0.25) is 0 Å². The Kier molecular flexibility index (Phi) is 7.48. The zero-order chi connectivity index (χ0) is 24.8. The molecule has 0 radical (unpaired) electrons. The summed E-state index contributed by atoms with van der Waals surface area (Å²) in [5.41, 5.74) is 4.09. The van der Waals surface area contributed by atoms with E-state index in [2.05, 4.69) is 41.5 Å². The van der Waals surface area contributed by atoms with Crippen LogP contribution in [0.3, 0.4) is 0 Å². The van der Waals surface area contributed by atoms with Crippen LogP contribution in [0.5, 0.6) is 5.75 Å². The van der Waals surface area contributed by atoms with E-state index in [9.17, 15) is 4.79 Å². The summed E-state index contributed by atoms with van der Waals surface area (Å²) in [4.78, 5) is 12.7. The summed E-state index contributed by atoms with van der Waals surface area (Å²) in [6.45, 7) is 4.29. The van der Waals surface area contributed by atoms with Crippen LogP contribution in [-0.2, 0) is 4.79 Å². The average Bonchev–Trinajstić information content (AvgIpc) is 3.31. The average molecular weight is 484 g/mol. The van der Waals surface area contributed by atoms with Crippen molar-refractivity contribution in [2.75, 3.05) is 18.2 Å². The molecule has 1 aromatic heterocycles. The van der Waals surface area contributed by atoms with Crippen LogP contribution >= 0.6 is 11.8 Å². The number of aromatic nitrogens is 3. The summed E-state index contributed by atoms with van der Waals surface area (Å²) in [6.07, 6.45) is 0. The molecule has 0 aliphatic carbocycles. The van der Waals surface area contributed by atoms with E-state index in [1.54, 1.807) is 31.4 Å². The Morgan fingerprint density at radius 2 is 1.86 bits per heavy atom. The van der Waals surface area contributed by atoms with Gasteiger partial charge in [0.2, 0.25) is 5.91 Å². The number of carbonyl (C=O) groups is 1.